The van der Waals surface area contributed by atoms with E-state index in [2.05, 4.69) is 30.5 Å². The number of aryl methyl sites for hydroxylation is 1. The smallest absolute Gasteiger partial charge is 0.221 e. The molecule has 18 heavy (non-hydrogen) atoms. The number of hydrogen-bond acceptors (Lipinski definition) is 2. The molecule has 0 saturated heterocycles. The second-order valence-corrected chi connectivity index (χ2v) is 4.90. The number of benzene rings is 1. The number of carbonyl (C=O) groups is 1. The molecule has 0 spiro atoms. The highest BCUT2D eigenvalue weighted by atomic mass is 16.1. The van der Waals surface area contributed by atoms with E-state index in [0.717, 1.165) is 16.9 Å². The SMILES string of the molecule is CCCCC(C)Nc1ccc(NC(C)=O)c(C)c1. The van der Waals surface area contributed by atoms with Gasteiger partial charge in [-0.05, 0) is 44.0 Å². The molecule has 0 fully saturated rings. The van der Waals surface area contributed by atoms with Crippen LogP contribution in [0.15, 0.2) is 18.2 Å². The Hall–Kier alpha value is -1.51. The molecule has 1 aromatic carbocycles. The summed E-state index contributed by atoms with van der Waals surface area (Å²) < 4.78 is 0. The highest BCUT2D eigenvalue weighted by molar-refractivity contribution is 5.89. The Labute approximate surface area is 110 Å². The largest absolute Gasteiger partial charge is 0.383 e. The lowest BCUT2D eigenvalue weighted by molar-refractivity contribution is -0.114. The lowest BCUT2D eigenvalue weighted by Gasteiger charge is -2.16. The molecule has 1 rings (SSSR count). The van der Waals surface area contributed by atoms with Gasteiger partial charge in [0.25, 0.3) is 0 Å². The molecule has 0 bridgehead atoms. The van der Waals surface area contributed by atoms with Crippen molar-refractivity contribution < 1.29 is 4.79 Å². The molecule has 2 N–H and O–H groups in total. The van der Waals surface area contributed by atoms with Crippen molar-refractivity contribution in [3.63, 3.8) is 0 Å². The molecule has 3 heteroatoms. The monoisotopic (exact) mass is 248 g/mol. The van der Waals surface area contributed by atoms with Crippen LogP contribution in [0, 0.1) is 6.92 Å². The van der Waals surface area contributed by atoms with Crippen LogP contribution >= 0.6 is 0 Å². The Kier molecular flexibility index (Phi) is 5.69. The Bertz CT molecular complexity index is 401. The standard InChI is InChI=1S/C15H24N2O/c1-5-6-7-12(3)16-14-8-9-15(11(2)10-14)17-13(4)18/h8-10,12,16H,5-7H2,1-4H3,(H,17,18). The Morgan fingerprint density at radius 2 is 2.11 bits per heavy atom. The number of nitrogens with one attached hydrogen (secondary N) is 2. The number of carbonyl (C=O) groups excluding carboxylic acids is 1. The average molecular weight is 248 g/mol. The van der Waals surface area contributed by atoms with Crippen LogP contribution in [-0.2, 0) is 4.79 Å². The van der Waals surface area contributed by atoms with Crippen molar-refractivity contribution in [2.24, 2.45) is 0 Å². The zero-order valence-corrected chi connectivity index (χ0v) is 11.8. The zero-order valence-electron chi connectivity index (χ0n) is 11.8. The van der Waals surface area contributed by atoms with Gasteiger partial charge in [-0.3, -0.25) is 4.79 Å². The minimum absolute atomic E-state index is 0.0323. The van der Waals surface area contributed by atoms with E-state index < -0.39 is 0 Å². The van der Waals surface area contributed by atoms with E-state index in [0.29, 0.717) is 6.04 Å². The minimum Gasteiger partial charge on any atom is -0.383 e. The predicted molar refractivity (Wildman–Crippen MR) is 78.1 cm³/mol. The molecule has 1 aromatic rings. The molecule has 0 aromatic heterocycles. The molecule has 1 atom stereocenters. The van der Waals surface area contributed by atoms with Crippen molar-refractivity contribution in [1.29, 1.82) is 0 Å². The third kappa shape index (κ3) is 4.78. The van der Waals surface area contributed by atoms with Gasteiger partial charge >= 0.3 is 0 Å². The normalized spacial score (nSPS) is 12.0. The molecule has 100 valence electrons. The number of anilines is 2. The summed E-state index contributed by atoms with van der Waals surface area (Å²) in [4.78, 5) is 11.0. The van der Waals surface area contributed by atoms with Gasteiger partial charge in [0.1, 0.15) is 0 Å². The minimum atomic E-state index is -0.0323. The van der Waals surface area contributed by atoms with Gasteiger partial charge in [0.2, 0.25) is 5.91 Å². The van der Waals surface area contributed by atoms with Crippen molar-refractivity contribution in [2.75, 3.05) is 10.6 Å². The number of rotatable bonds is 6. The first-order chi connectivity index (χ1) is 8.52. The quantitative estimate of drug-likeness (QED) is 0.800. The van der Waals surface area contributed by atoms with E-state index in [4.69, 9.17) is 0 Å². The second-order valence-electron chi connectivity index (χ2n) is 4.90. The van der Waals surface area contributed by atoms with Gasteiger partial charge in [0.15, 0.2) is 0 Å². The van der Waals surface area contributed by atoms with Gasteiger partial charge in [0.05, 0.1) is 0 Å². The van der Waals surface area contributed by atoms with E-state index >= 15 is 0 Å². The van der Waals surface area contributed by atoms with Crippen molar-refractivity contribution >= 4 is 17.3 Å². The summed E-state index contributed by atoms with van der Waals surface area (Å²) in [6.45, 7) is 7.94. The van der Waals surface area contributed by atoms with Gasteiger partial charge in [-0.1, -0.05) is 19.8 Å². The first-order valence-electron chi connectivity index (χ1n) is 6.67. The van der Waals surface area contributed by atoms with Crippen molar-refractivity contribution in [3.05, 3.63) is 23.8 Å². The second kappa shape index (κ2) is 7.04. The predicted octanol–water partition coefficient (Wildman–Crippen LogP) is 3.94. The molecule has 0 aliphatic carbocycles. The Morgan fingerprint density at radius 1 is 1.39 bits per heavy atom. The van der Waals surface area contributed by atoms with E-state index in [1.807, 2.05) is 19.1 Å². The summed E-state index contributed by atoms with van der Waals surface area (Å²) in [5.74, 6) is -0.0323. The van der Waals surface area contributed by atoms with Crippen LogP contribution in [-0.4, -0.2) is 11.9 Å². The molecule has 0 heterocycles. The molecule has 0 aliphatic heterocycles. The van der Waals surface area contributed by atoms with Crippen LogP contribution in [0.1, 0.15) is 45.6 Å². The molecule has 1 unspecified atom stereocenters. The molecule has 0 aliphatic rings. The fourth-order valence-corrected chi connectivity index (χ4v) is 1.95. The fraction of sp³-hybridized carbons (Fsp3) is 0.533. The summed E-state index contributed by atoms with van der Waals surface area (Å²) in [5.41, 5.74) is 3.08. The molecular formula is C15H24N2O. The third-order valence-electron chi connectivity index (χ3n) is 2.94. The highest BCUT2D eigenvalue weighted by Crippen LogP contribution is 2.20. The lowest BCUT2D eigenvalue weighted by Crippen LogP contribution is -2.15. The van der Waals surface area contributed by atoms with Crippen molar-refractivity contribution in [1.82, 2.24) is 0 Å². The van der Waals surface area contributed by atoms with Crippen LogP contribution < -0.4 is 10.6 Å². The van der Waals surface area contributed by atoms with Gasteiger partial charge in [-0.2, -0.15) is 0 Å². The fourth-order valence-electron chi connectivity index (χ4n) is 1.95. The van der Waals surface area contributed by atoms with Crippen LogP contribution in [0.4, 0.5) is 11.4 Å². The van der Waals surface area contributed by atoms with Gasteiger partial charge in [-0.15, -0.1) is 0 Å². The molecule has 3 nitrogen and oxygen atoms in total. The highest BCUT2D eigenvalue weighted by Gasteiger charge is 2.04. The van der Waals surface area contributed by atoms with E-state index in [9.17, 15) is 4.79 Å². The zero-order chi connectivity index (χ0) is 13.5. The van der Waals surface area contributed by atoms with Crippen molar-refractivity contribution in [3.8, 4) is 0 Å². The van der Waals surface area contributed by atoms with Crippen LogP contribution in [0.3, 0.4) is 0 Å². The Morgan fingerprint density at radius 3 is 2.67 bits per heavy atom. The van der Waals surface area contributed by atoms with Gasteiger partial charge in [0, 0.05) is 24.3 Å². The van der Waals surface area contributed by atoms with Crippen molar-refractivity contribution in [2.45, 2.75) is 53.0 Å². The van der Waals surface area contributed by atoms with Gasteiger partial charge < -0.3 is 10.6 Å². The first-order valence-corrected chi connectivity index (χ1v) is 6.67. The number of hydrogen-bond donors (Lipinski definition) is 2. The van der Waals surface area contributed by atoms with E-state index in [-0.39, 0.29) is 5.91 Å². The summed E-state index contributed by atoms with van der Waals surface area (Å²) in [7, 11) is 0. The molecule has 0 saturated carbocycles. The summed E-state index contributed by atoms with van der Waals surface area (Å²) >= 11 is 0. The Balaban J connectivity index is 2.63. The number of amides is 1. The van der Waals surface area contributed by atoms with Crippen LogP contribution in [0.25, 0.3) is 0 Å². The first kappa shape index (κ1) is 14.6. The summed E-state index contributed by atoms with van der Waals surface area (Å²) in [6, 6.07) is 6.52. The third-order valence-corrected chi connectivity index (χ3v) is 2.94. The van der Waals surface area contributed by atoms with E-state index in [1.165, 1.54) is 26.2 Å². The lowest BCUT2D eigenvalue weighted by atomic mass is 10.1. The summed E-state index contributed by atoms with van der Waals surface area (Å²) in [5, 5.41) is 6.31. The van der Waals surface area contributed by atoms with E-state index in [1.54, 1.807) is 0 Å². The van der Waals surface area contributed by atoms with Crippen LogP contribution in [0.2, 0.25) is 0 Å². The molecular weight excluding hydrogens is 224 g/mol. The number of unbranched alkanes of at least 4 members (excludes halogenated alkanes) is 1. The maximum Gasteiger partial charge on any atom is 0.221 e. The molecule has 1 amide bonds. The van der Waals surface area contributed by atoms with Gasteiger partial charge in [-0.25, -0.2) is 0 Å². The maximum atomic E-state index is 11.0. The maximum absolute atomic E-state index is 11.0. The van der Waals surface area contributed by atoms with Crippen LogP contribution in [0.5, 0.6) is 0 Å². The molecule has 0 radical (unpaired) electrons. The average Bonchev–Trinajstić information content (AvgIpc) is 2.29. The topological polar surface area (TPSA) is 41.1 Å². The summed E-state index contributed by atoms with van der Waals surface area (Å²) in [6.07, 6.45) is 3.66.